The first kappa shape index (κ1) is 9.58. The lowest BCUT2D eigenvalue weighted by Gasteiger charge is -2.26. The Morgan fingerprint density at radius 1 is 1.50 bits per heavy atom. The van der Waals surface area contributed by atoms with Crippen LogP contribution in [0.15, 0.2) is 0 Å². The third-order valence-electron chi connectivity index (χ3n) is 2.74. The van der Waals surface area contributed by atoms with Gasteiger partial charge in [-0.2, -0.15) is 4.80 Å². The van der Waals surface area contributed by atoms with Gasteiger partial charge in [0.25, 0.3) is 0 Å². The predicted molar refractivity (Wildman–Crippen MR) is 52.7 cm³/mol. The van der Waals surface area contributed by atoms with Crippen molar-refractivity contribution in [3.63, 3.8) is 0 Å². The SMILES string of the molecule is CC1CCC(Cc2nnn(C)n2)NC1. The van der Waals surface area contributed by atoms with Gasteiger partial charge in [0, 0.05) is 12.5 Å². The fraction of sp³-hybridized carbons (Fsp3) is 0.889. The lowest BCUT2D eigenvalue weighted by Crippen LogP contribution is -2.39. The van der Waals surface area contributed by atoms with Crippen molar-refractivity contribution in [1.82, 2.24) is 25.5 Å². The number of hydrogen-bond acceptors (Lipinski definition) is 4. The average Bonchev–Trinajstić information content (AvgIpc) is 2.56. The largest absolute Gasteiger partial charge is 0.313 e. The topological polar surface area (TPSA) is 55.6 Å². The smallest absolute Gasteiger partial charge is 0.176 e. The molecule has 0 radical (unpaired) electrons. The van der Waals surface area contributed by atoms with Crippen molar-refractivity contribution >= 4 is 0 Å². The van der Waals surface area contributed by atoms with Gasteiger partial charge in [0.15, 0.2) is 5.82 Å². The second-order valence-corrected chi connectivity index (χ2v) is 4.19. The number of nitrogens with zero attached hydrogens (tertiary/aromatic N) is 4. The van der Waals surface area contributed by atoms with Crippen LogP contribution in [0.2, 0.25) is 0 Å². The molecule has 0 aliphatic carbocycles. The van der Waals surface area contributed by atoms with Crippen LogP contribution in [0.4, 0.5) is 0 Å². The number of aryl methyl sites for hydroxylation is 1. The van der Waals surface area contributed by atoms with Crippen LogP contribution in [0.5, 0.6) is 0 Å². The standard InChI is InChI=1S/C9H17N5/c1-7-3-4-8(10-6-7)5-9-11-13-14(2)12-9/h7-8,10H,3-6H2,1-2H3. The molecule has 14 heavy (non-hydrogen) atoms. The zero-order valence-corrected chi connectivity index (χ0v) is 8.77. The lowest BCUT2D eigenvalue weighted by molar-refractivity contribution is 0.323. The van der Waals surface area contributed by atoms with Crippen LogP contribution < -0.4 is 5.32 Å². The van der Waals surface area contributed by atoms with E-state index in [0.29, 0.717) is 6.04 Å². The van der Waals surface area contributed by atoms with E-state index >= 15 is 0 Å². The molecule has 0 saturated carbocycles. The highest BCUT2D eigenvalue weighted by atomic mass is 15.6. The third kappa shape index (κ3) is 2.29. The second-order valence-electron chi connectivity index (χ2n) is 4.19. The molecular weight excluding hydrogens is 178 g/mol. The zero-order chi connectivity index (χ0) is 9.97. The van der Waals surface area contributed by atoms with Crippen LogP contribution in [0, 0.1) is 5.92 Å². The van der Waals surface area contributed by atoms with Crippen LogP contribution in [0.1, 0.15) is 25.6 Å². The van der Waals surface area contributed by atoms with Gasteiger partial charge in [0.2, 0.25) is 0 Å². The number of hydrogen-bond donors (Lipinski definition) is 1. The molecule has 1 aromatic heterocycles. The number of rotatable bonds is 2. The average molecular weight is 195 g/mol. The lowest BCUT2D eigenvalue weighted by atomic mass is 9.95. The van der Waals surface area contributed by atoms with E-state index in [9.17, 15) is 0 Å². The molecule has 5 heteroatoms. The molecule has 0 aromatic carbocycles. The van der Waals surface area contributed by atoms with Gasteiger partial charge in [-0.1, -0.05) is 6.92 Å². The Labute approximate surface area is 83.9 Å². The summed E-state index contributed by atoms with van der Waals surface area (Å²) in [4.78, 5) is 1.51. The quantitative estimate of drug-likeness (QED) is 0.729. The molecule has 0 amide bonds. The Kier molecular flexibility index (Phi) is 2.77. The van der Waals surface area contributed by atoms with Gasteiger partial charge in [0.05, 0.1) is 7.05 Å². The number of nitrogens with one attached hydrogen (secondary N) is 1. The van der Waals surface area contributed by atoms with E-state index in [4.69, 9.17) is 0 Å². The number of aromatic nitrogens is 4. The highest BCUT2D eigenvalue weighted by Gasteiger charge is 2.19. The molecular formula is C9H17N5. The van der Waals surface area contributed by atoms with Crippen molar-refractivity contribution < 1.29 is 0 Å². The highest BCUT2D eigenvalue weighted by molar-refractivity contribution is 4.87. The fourth-order valence-corrected chi connectivity index (χ4v) is 1.86. The van der Waals surface area contributed by atoms with Gasteiger partial charge in [0.1, 0.15) is 0 Å². The summed E-state index contributed by atoms with van der Waals surface area (Å²) in [6.45, 7) is 3.40. The maximum absolute atomic E-state index is 4.18. The molecule has 1 aromatic rings. The van der Waals surface area contributed by atoms with Crippen molar-refractivity contribution in [2.75, 3.05) is 6.54 Å². The minimum absolute atomic E-state index is 0.537. The first-order valence-electron chi connectivity index (χ1n) is 5.20. The summed E-state index contributed by atoms with van der Waals surface area (Å²) in [7, 11) is 1.80. The van der Waals surface area contributed by atoms with Crippen LogP contribution in [-0.2, 0) is 13.5 Å². The Bertz CT molecular complexity index is 287. The molecule has 1 fully saturated rings. The Morgan fingerprint density at radius 2 is 2.36 bits per heavy atom. The summed E-state index contributed by atoms with van der Waals surface area (Å²) in [5, 5.41) is 15.5. The normalized spacial score (nSPS) is 27.9. The number of piperidine rings is 1. The Hall–Kier alpha value is -0.970. The molecule has 1 N–H and O–H groups in total. The van der Waals surface area contributed by atoms with Crippen molar-refractivity contribution in [2.45, 2.75) is 32.2 Å². The van der Waals surface area contributed by atoms with Gasteiger partial charge < -0.3 is 5.32 Å². The van der Waals surface area contributed by atoms with Gasteiger partial charge in [-0.25, -0.2) is 0 Å². The van der Waals surface area contributed by atoms with E-state index in [0.717, 1.165) is 24.7 Å². The molecule has 5 nitrogen and oxygen atoms in total. The van der Waals surface area contributed by atoms with Crippen molar-refractivity contribution in [3.05, 3.63) is 5.82 Å². The first-order chi connectivity index (χ1) is 6.74. The molecule has 2 heterocycles. The van der Waals surface area contributed by atoms with Crippen LogP contribution >= 0.6 is 0 Å². The second kappa shape index (κ2) is 4.04. The maximum atomic E-state index is 4.18. The number of tetrazole rings is 1. The molecule has 2 atom stereocenters. The molecule has 1 aliphatic heterocycles. The highest BCUT2D eigenvalue weighted by Crippen LogP contribution is 2.15. The van der Waals surface area contributed by atoms with Gasteiger partial charge in [-0.05, 0) is 30.5 Å². The van der Waals surface area contributed by atoms with E-state index in [1.807, 2.05) is 0 Å². The van der Waals surface area contributed by atoms with Crippen LogP contribution in [0.25, 0.3) is 0 Å². The molecule has 2 rings (SSSR count). The summed E-state index contributed by atoms with van der Waals surface area (Å²) < 4.78 is 0. The monoisotopic (exact) mass is 195 g/mol. The fourth-order valence-electron chi connectivity index (χ4n) is 1.86. The molecule has 0 bridgehead atoms. The van der Waals surface area contributed by atoms with Crippen molar-refractivity contribution in [2.24, 2.45) is 13.0 Å². The zero-order valence-electron chi connectivity index (χ0n) is 8.77. The molecule has 2 unspecified atom stereocenters. The summed E-state index contributed by atoms with van der Waals surface area (Å²) in [5.41, 5.74) is 0. The van der Waals surface area contributed by atoms with E-state index < -0.39 is 0 Å². The molecule has 1 saturated heterocycles. The summed E-state index contributed by atoms with van der Waals surface area (Å²) >= 11 is 0. The Balaban J connectivity index is 1.86. The van der Waals surface area contributed by atoms with E-state index in [1.54, 1.807) is 7.05 Å². The minimum atomic E-state index is 0.537. The minimum Gasteiger partial charge on any atom is -0.313 e. The van der Waals surface area contributed by atoms with Gasteiger partial charge >= 0.3 is 0 Å². The van der Waals surface area contributed by atoms with Gasteiger partial charge in [-0.15, -0.1) is 10.2 Å². The predicted octanol–water partition coefficient (Wildman–Crippen LogP) is 0.141. The van der Waals surface area contributed by atoms with Crippen LogP contribution in [0.3, 0.4) is 0 Å². The molecule has 0 spiro atoms. The van der Waals surface area contributed by atoms with Crippen LogP contribution in [-0.4, -0.2) is 32.8 Å². The maximum Gasteiger partial charge on any atom is 0.176 e. The van der Waals surface area contributed by atoms with E-state index in [-0.39, 0.29) is 0 Å². The van der Waals surface area contributed by atoms with Gasteiger partial charge in [-0.3, -0.25) is 0 Å². The van der Waals surface area contributed by atoms with E-state index in [2.05, 4.69) is 27.7 Å². The summed E-state index contributed by atoms with van der Waals surface area (Å²) in [5.74, 6) is 1.65. The van der Waals surface area contributed by atoms with E-state index in [1.165, 1.54) is 17.6 Å². The summed E-state index contributed by atoms with van der Waals surface area (Å²) in [6.07, 6.45) is 3.43. The first-order valence-corrected chi connectivity index (χ1v) is 5.20. The Morgan fingerprint density at radius 3 is 2.93 bits per heavy atom. The molecule has 78 valence electrons. The summed E-state index contributed by atoms with van der Waals surface area (Å²) in [6, 6.07) is 0.537. The van der Waals surface area contributed by atoms with Crippen molar-refractivity contribution in [3.8, 4) is 0 Å². The van der Waals surface area contributed by atoms with Crippen molar-refractivity contribution in [1.29, 1.82) is 0 Å². The molecule has 1 aliphatic rings. The third-order valence-corrected chi connectivity index (χ3v) is 2.74.